The maximum absolute atomic E-state index is 12.4. The Labute approximate surface area is 134 Å². The maximum atomic E-state index is 12.4. The molecule has 2 aliphatic rings. The van der Waals surface area contributed by atoms with Crippen LogP contribution >= 0.6 is 0 Å². The van der Waals surface area contributed by atoms with Crippen molar-refractivity contribution in [3.63, 3.8) is 0 Å². The summed E-state index contributed by atoms with van der Waals surface area (Å²) in [5.74, 6) is 0.895. The molecule has 4 nitrogen and oxygen atoms in total. The fourth-order valence-corrected chi connectivity index (χ4v) is 3.86. The van der Waals surface area contributed by atoms with Crippen molar-refractivity contribution < 1.29 is 13.2 Å². The van der Waals surface area contributed by atoms with Crippen molar-refractivity contribution in [2.75, 3.05) is 37.6 Å². The Morgan fingerprint density at radius 3 is 2.52 bits per heavy atom. The molecule has 128 valence electrons. The molecule has 3 heterocycles. The second-order valence-electron chi connectivity index (χ2n) is 6.80. The van der Waals surface area contributed by atoms with Crippen LogP contribution in [0.2, 0.25) is 0 Å². The van der Waals surface area contributed by atoms with Crippen LogP contribution < -0.4 is 4.90 Å². The average molecular weight is 328 g/mol. The van der Waals surface area contributed by atoms with E-state index in [2.05, 4.69) is 14.9 Å². The van der Waals surface area contributed by atoms with E-state index in [1.54, 1.807) is 18.6 Å². The third-order valence-electron chi connectivity index (χ3n) is 5.15. The number of aromatic nitrogens is 2. The Morgan fingerprint density at radius 1 is 1.09 bits per heavy atom. The third-order valence-corrected chi connectivity index (χ3v) is 5.15. The van der Waals surface area contributed by atoms with Gasteiger partial charge in [0.25, 0.3) is 0 Å². The molecule has 0 aromatic carbocycles. The van der Waals surface area contributed by atoms with Crippen LogP contribution in [0.15, 0.2) is 18.6 Å². The third kappa shape index (κ3) is 4.34. The van der Waals surface area contributed by atoms with Gasteiger partial charge in [0, 0.05) is 38.6 Å². The van der Waals surface area contributed by atoms with Gasteiger partial charge in [-0.05, 0) is 37.6 Å². The Bertz CT molecular complexity index is 498. The van der Waals surface area contributed by atoms with Crippen LogP contribution in [-0.4, -0.2) is 53.8 Å². The molecule has 1 aromatic rings. The zero-order valence-corrected chi connectivity index (χ0v) is 13.2. The van der Waals surface area contributed by atoms with E-state index in [9.17, 15) is 13.2 Å². The fourth-order valence-electron chi connectivity index (χ4n) is 3.86. The minimum absolute atomic E-state index is 0.138. The van der Waals surface area contributed by atoms with Gasteiger partial charge < -0.3 is 9.80 Å². The van der Waals surface area contributed by atoms with Crippen LogP contribution in [0.3, 0.4) is 0 Å². The smallest absolute Gasteiger partial charge is 0.355 e. The Balaban J connectivity index is 1.54. The van der Waals surface area contributed by atoms with Crippen molar-refractivity contribution >= 4 is 5.82 Å². The molecule has 0 aliphatic carbocycles. The summed E-state index contributed by atoms with van der Waals surface area (Å²) in [4.78, 5) is 12.7. The van der Waals surface area contributed by atoms with Crippen LogP contribution in [0.5, 0.6) is 0 Å². The van der Waals surface area contributed by atoms with E-state index < -0.39 is 12.6 Å². The van der Waals surface area contributed by atoms with Crippen LogP contribution in [0, 0.1) is 5.41 Å². The van der Waals surface area contributed by atoms with Crippen molar-refractivity contribution in [3.8, 4) is 0 Å². The molecule has 1 aromatic heterocycles. The summed E-state index contributed by atoms with van der Waals surface area (Å²) in [6.45, 7) is 3.56. The van der Waals surface area contributed by atoms with Gasteiger partial charge in [-0.1, -0.05) is 0 Å². The summed E-state index contributed by atoms with van der Waals surface area (Å²) in [6, 6.07) is 0. The highest BCUT2D eigenvalue weighted by Crippen LogP contribution is 2.40. The zero-order valence-electron chi connectivity index (χ0n) is 13.2. The summed E-state index contributed by atoms with van der Waals surface area (Å²) >= 11 is 0. The Hall–Kier alpha value is -1.37. The zero-order chi connectivity index (χ0) is 16.3. The van der Waals surface area contributed by atoms with Crippen molar-refractivity contribution in [1.82, 2.24) is 14.9 Å². The van der Waals surface area contributed by atoms with E-state index in [4.69, 9.17) is 0 Å². The highest BCUT2D eigenvalue weighted by atomic mass is 19.4. The topological polar surface area (TPSA) is 32.3 Å². The number of anilines is 1. The number of halogens is 3. The van der Waals surface area contributed by atoms with Gasteiger partial charge in [0.05, 0.1) is 12.6 Å². The van der Waals surface area contributed by atoms with E-state index in [0.717, 1.165) is 57.7 Å². The summed E-state index contributed by atoms with van der Waals surface area (Å²) in [5.41, 5.74) is 0.183. The first kappa shape index (κ1) is 16.5. The molecule has 0 atom stereocenters. The highest BCUT2D eigenvalue weighted by molar-refractivity contribution is 5.35. The molecule has 0 bridgehead atoms. The monoisotopic (exact) mass is 328 g/mol. The van der Waals surface area contributed by atoms with Gasteiger partial charge >= 0.3 is 6.18 Å². The van der Waals surface area contributed by atoms with E-state index >= 15 is 0 Å². The van der Waals surface area contributed by atoms with Crippen molar-refractivity contribution in [2.45, 2.75) is 38.3 Å². The molecule has 1 spiro atoms. The van der Waals surface area contributed by atoms with Crippen molar-refractivity contribution in [1.29, 1.82) is 0 Å². The molecule has 0 unspecified atom stereocenters. The largest absolute Gasteiger partial charge is 0.390 e. The van der Waals surface area contributed by atoms with Crippen LogP contribution in [0.1, 0.15) is 32.1 Å². The first-order valence-electron chi connectivity index (χ1n) is 8.26. The highest BCUT2D eigenvalue weighted by Gasteiger charge is 2.39. The van der Waals surface area contributed by atoms with E-state index in [1.165, 1.54) is 0 Å². The van der Waals surface area contributed by atoms with Gasteiger partial charge in [0.1, 0.15) is 5.82 Å². The minimum atomic E-state index is -4.06. The van der Waals surface area contributed by atoms with Gasteiger partial charge in [0.2, 0.25) is 0 Å². The molecule has 2 fully saturated rings. The fraction of sp³-hybridized carbons (Fsp3) is 0.750. The molecule has 7 heteroatoms. The predicted molar refractivity (Wildman–Crippen MR) is 82.3 cm³/mol. The Kier molecular flexibility index (Phi) is 4.75. The lowest BCUT2D eigenvalue weighted by Crippen LogP contribution is -2.50. The molecule has 2 aliphatic heterocycles. The van der Waals surface area contributed by atoms with Gasteiger partial charge in [-0.3, -0.25) is 4.98 Å². The lowest BCUT2D eigenvalue weighted by Gasteiger charge is -2.48. The molecule has 0 radical (unpaired) electrons. The van der Waals surface area contributed by atoms with E-state index in [0.29, 0.717) is 0 Å². The summed E-state index contributed by atoms with van der Waals surface area (Å²) in [6.07, 6.45) is 4.54. The minimum Gasteiger partial charge on any atom is -0.355 e. The Morgan fingerprint density at radius 2 is 1.87 bits per heavy atom. The average Bonchev–Trinajstić information content (AvgIpc) is 2.54. The van der Waals surface area contributed by atoms with Crippen molar-refractivity contribution in [2.24, 2.45) is 5.41 Å². The summed E-state index contributed by atoms with van der Waals surface area (Å²) in [5, 5.41) is 0. The van der Waals surface area contributed by atoms with E-state index in [-0.39, 0.29) is 12.0 Å². The molecule has 0 saturated carbocycles. The number of piperidine rings is 2. The van der Waals surface area contributed by atoms with Gasteiger partial charge in [-0.25, -0.2) is 4.98 Å². The van der Waals surface area contributed by atoms with Crippen LogP contribution in [-0.2, 0) is 0 Å². The van der Waals surface area contributed by atoms with Crippen LogP contribution in [0.25, 0.3) is 0 Å². The maximum Gasteiger partial charge on any atom is 0.390 e. The number of likely N-dealkylation sites (tertiary alicyclic amines) is 1. The number of nitrogens with zero attached hydrogens (tertiary/aromatic N) is 4. The second-order valence-corrected chi connectivity index (χ2v) is 6.80. The van der Waals surface area contributed by atoms with Gasteiger partial charge in [0.15, 0.2) is 0 Å². The SMILES string of the molecule is FC(F)(F)CCN1CCCC2(CCN(c3cnccn3)CC2)C1. The predicted octanol–water partition coefficient (Wildman–Crippen LogP) is 3.11. The molecule has 0 N–H and O–H groups in total. The van der Waals surface area contributed by atoms with Crippen LogP contribution in [0.4, 0.5) is 19.0 Å². The number of hydrogen-bond donors (Lipinski definition) is 0. The molecule has 3 rings (SSSR count). The summed E-state index contributed by atoms with van der Waals surface area (Å²) in [7, 11) is 0. The number of hydrogen-bond acceptors (Lipinski definition) is 4. The van der Waals surface area contributed by atoms with Gasteiger partial charge in [-0.2, -0.15) is 13.2 Å². The van der Waals surface area contributed by atoms with Crippen molar-refractivity contribution in [3.05, 3.63) is 18.6 Å². The van der Waals surface area contributed by atoms with E-state index in [1.807, 2.05) is 4.90 Å². The normalized spacial score (nSPS) is 22.5. The molecule has 23 heavy (non-hydrogen) atoms. The lowest BCUT2D eigenvalue weighted by atomic mass is 9.72. The first-order valence-corrected chi connectivity index (χ1v) is 8.26. The van der Waals surface area contributed by atoms with Gasteiger partial charge in [-0.15, -0.1) is 0 Å². The molecule has 0 amide bonds. The quantitative estimate of drug-likeness (QED) is 0.853. The lowest BCUT2D eigenvalue weighted by molar-refractivity contribution is -0.140. The summed E-state index contributed by atoms with van der Waals surface area (Å²) < 4.78 is 37.3. The standard InChI is InChI=1S/C16H23F3N4/c17-16(18,19)5-9-22-8-1-2-15(13-22)3-10-23(11-4-15)14-12-20-6-7-21-14/h6-7,12H,1-5,8-11,13H2. The molecular weight excluding hydrogens is 305 g/mol. The second kappa shape index (κ2) is 6.63. The first-order chi connectivity index (χ1) is 11.0. The number of rotatable bonds is 3. The molecule has 2 saturated heterocycles. The number of alkyl halides is 3. The molecular formula is C16H23F3N4.